The first-order chi connectivity index (χ1) is 10.7. The molecule has 0 amide bonds. The van der Waals surface area contributed by atoms with E-state index < -0.39 is 0 Å². The lowest BCUT2D eigenvalue weighted by atomic mass is 10.2. The van der Waals surface area contributed by atoms with Gasteiger partial charge in [-0.25, -0.2) is 0 Å². The molecule has 0 radical (unpaired) electrons. The SMILES string of the molecule is Cc1ccnn1CCN(C)[C@H]1CCN(Cc2ccccc2)C1. The molecular formula is C18H26N4. The Morgan fingerprint density at radius 1 is 1.23 bits per heavy atom. The normalized spacial score (nSPS) is 19.1. The topological polar surface area (TPSA) is 24.3 Å². The second-order valence-electron chi connectivity index (χ2n) is 6.34. The van der Waals surface area contributed by atoms with Crippen molar-refractivity contribution in [3.8, 4) is 0 Å². The standard InChI is InChI=1S/C18H26N4/c1-16-8-10-19-22(16)13-12-20(2)18-9-11-21(15-18)14-17-6-4-3-5-7-17/h3-8,10,18H,9,11-15H2,1-2H3/t18-/m0/s1. The van der Waals surface area contributed by atoms with Crippen molar-refractivity contribution in [3.63, 3.8) is 0 Å². The van der Waals surface area contributed by atoms with E-state index in [9.17, 15) is 0 Å². The van der Waals surface area contributed by atoms with Gasteiger partial charge in [-0.15, -0.1) is 0 Å². The second kappa shape index (κ2) is 7.07. The maximum atomic E-state index is 4.36. The molecule has 1 saturated heterocycles. The highest BCUT2D eigenvalue weighted by molar-refractivity contribution is 5.14. The van der Waals surface area contributed by atoms with Crippen molar-refractivity contribution in [2.75, 3.05) is 26.7 Å². The summed E-state index contributed by atoms with van der Waals surface area (Å²) in [6, 6.07) is 13.5. The van der Waals surface area contributed by atoms with E-state index in [0.717, 1.165) is 19.6 Å². The predicted molar refractivity (Wildman–Crippen MR) is 89.7 cm³/mol. The summed E-state index contributed by atoms with van der Waals surface area (Å²) in [5.74, 6) is 0. The van der Waals surface area contributed by atoms with Crippen LogP contribution in [0.4, 0.5) is 0 Å². The first-order valence-electron chi connectivity index (χ1n) is 8.17. The van der Waals surface area contributed by atoms with E-state index in [1.807, 2.05) is 6.20 Å². The van der Waals surface area contributed by atoms with Crippen molar-refractivity contribution in [2.24, 2.45) is 0 Å². The van der Waals surface area contributed by atoms with Crippen molar-refractivity contribution in [1.29, 1.82) is 0 Å². The number of hydrogen-bond donors (Lipinski definition) is 0. The molecule has 1 aliphatic rings. The molecule has 0 unspecified atom stereocenters. The fourth-order valence-corrected chi connectivity index (χ4v) is 3.23. The molecule has 1 atom stereocenters. The van der Waals surface area contributed by atoms with Gasteiger partial charge in [-0.1, -0.05) is 30.3 Å². The molecule has 1 aromatic heterocycles. The zero-order valence-electron chi connectivity index (χ0n) is 13.7. The van der Waals surface area contributed by atoms with Crippen molar-refractivity contribution in [1.82, 2.24) is 19.6 Å². The minimum Gasteiger partial charge on any atom is -0.300 e. The summed E-state index contributed by atoms with van der Waals surface area (Å²) in [6.07, 6.45) is 3.15. The summed E-state index contributed by atoms with van der Waals surface area (Å²) in [6.45, 7) is 7.60. The lowest BCUT2D eigenvalue weighted by Gasteiger charge is -2.25. The van der Waals surface area contributed by atoms with Gasteiger partial charge < -0.3 is 4.90 Å². The van der Waals surface area contributed by atoms with E-state index in [0.29, 0.717) is 6.04 Å². The van der Waals surface area contributed by atoms with Gasteiger partial charge >= 0.3 is 0 Å². The van der Waals surface area contributed by atoms with Crippen molar-refractivity contribution in [3.05, 3.63) is 53.9 Å². The Morgan fingerprint density at radius 3 is 2.77 bits per heavy atom. The molecule has 0 spiro atoms. The van der Waals surface area contributed by atoms with E-state index in [1.54, 1.807) is 0 Å². The van der Waals surface area contributed by atoms with E-state index >= 15 is 0 Å². The summed E-state index contributed by atoms with van der Waals surface area (Å²) in [7, 11) is 2.25. The van der Waals surface area contributed by atoms with Gasteiger partial charge in [0.1, 0.15) is 0 Å². The maximum Gasteiger partial charge on any atom is 0.0539 e. The van der Waals surface area contributed by atoms with E-state index in [-0.39, 0.29) is 0 Å². The summed E-state index contributed by atoms with van der Waals surface area (Å²) in [4.78, 5) is 5.06. The van der Waals surface area contributed by atoms with Crippen LogP contribution in [0.5, 0.6) is 0 Å². The molecule has 118 valence electrons. The molecule has 4 heteroatoms. The van der Waals surface area contributed by atoms with Crippen molar-refractivity contribution < 1.29 is 0 Å². The average molecular weight is 298 g/mol. The molecular weight excluding hydrogens is 272 g/mol. The van der Waals surface area contributed by atoms with Crippen LogP contribution in [0.3, 0.4) is 0 Å². The molecule has 2 heterocycles. The molecule has 3 rings (SSSR count). The lowest BCUT2D eigenvalue weighted by molar-refractivity contribution is 0.219. The van der Waals surface area contributed by atoms with Crippen LogP contribution in [0.25, 0.3) is 0 Å². The van der Waals surface area contributed by atoms with Crippen LogP contribution in [0, 0.1) is 6.92 Å². The highest BCUT2D eigenvalue weighted by Gasteiger charge is 2.25. The van der Waals surface area contributed by atoms with Crippen molar-refractivity contribution >= 4 is 0 Å². The van der Waals surface area contributed by atoms with Gasteiger partial charge in [0.25, 0.3) is 0 Å². The first kappa shape index (κ1) is 15.3. The molecule has 0 aliphatic carbocycles. The zero-order chi connectivity index (χ0) is 15.4. The molecule has 22 heavy (non-hydrogen) atoms. The van der Waals surface area contributed by atoms with Gasteiger partial charge in [0, 0.05) is 44.1 Å². The van der Waals surface area contributed by atoms with E-state index in [2.05, 4.69) is 69.9 Å². The Hall–Kier alpha value is -1.65. The number of rotatable bonds is 6. The van der Waals surface area contributed by atoms with Gasteiger partial charge in [0.15, 0.2) is 0 Å². The van der Waals surface area contributed by atoms with Crippen LogP contribution < -0.4 is 0 Å². The van der Waals surface area contributed by atoms with E-state index in [4.69, 9.17) is 0 Å². The molecule has 4 nitrogen and oxygen atoms in total. The fourth-order valence-electron chi connectivity index (χ4n) is 3.23. The van der Waals surface area contributed by atoms with Crippen LogP contribution >= 0.6 is 0 Å². The molecule has 1 fully saturated rings. The van der Waals surface area contributed by atoms with Gasteiger partial charge in [-0.05, 0) is 32.0 Å². The molecule has 0 bridgehead atoms. The minimum absolute atomic E-state index is 0.666. The number of nitrogens with zero attached hydrogens (tertiary/aromatic N) is 4. The summed E-state index contributed by atoms with van der Waals surface area (Å²) in [5.41, 5.74) is 2.66. The number of likely N-dealkylation sites (tertiary alicyclic amines) is 1. The van der Waals surface area contributed by atoms with Crippen molar-refractivity contribution in [2.45, 2.75) is 32.5 Å². The highest BCUT2D eigenvalue weighted by Crippen LogP contribution is 2.17. The molecule has 1 aliphatic heterocycles. The predicted octanol–water partition coefficient (Wildman–Crippen LogP) is 2.40. The third kappa shape index (κ3) is 3.76. The number of hydrogen-bond acceptors (Lipinski definition) is 3. The molecule has 2 aromatic rings. The minimum atomic E-state index is 0.666. The van der Waals surface area contributed by atoms with Crippen LogP contribution in [0.1, 0.15) is 17.7 Å². The van der Waals surface area contributed by atoms with Crippen LogP contribution in [0.2, 0.25) is 0 Å². The second-order valence-corrected chi connectivity index (χ2v) is 6.34. The van der Waals surface area contributed by atoms with Gasteiger partial charge in [-0.2, -0.15) is 5.10 Å². The van der Waals surface area contributed by atoms with Crippen LogP contribution in [-0.4, -0.2) is 52.3 Å². The number of aromatic nitrogens is 2. The lowest BCUT2D eigenvalue weighted by Crippen LogP contribution is -2.36. The third-order valence-electron chi connectivity index (χ3n) is 4.71. The number of likely N-dealkylation sites (N-methyl/N-ethyl adjacent to an activating group) is 1. The third-order valence-corrected chi connectivity index (χ3v) is 4.71. The largest absolute Gasteiger partial charge is 0.300 e. The Bertz CT molecular complexity index is 578. The zero-order valence-corrected chi connectivity index (χ0v) is 13.7. The van der Waals surface area contributed by atoms with Gasteiger partial charge in [0.2, 0.25) is 0 Å². The van der Waals surface area contributed by atoms with E-state index in [1.165, 1.54) is 30.8 Å². The fraction of sp³-hybridized carbons (Fsp3) is 0.500. The Labute approximate surface area is 133 Å². The smallest absolute Gasteiger partial charge is 0.0539 e. The highest BCUT2D eigenvalue weighted by atomic mass is 15.3. The quantitative estimate of drug-likeness (QED) is 0.818. The number of benzene rings is 1. The summed E-state index contributed by atoms with van der Waals surface area (Å²) < 4.78 is 2.09. The summed E-state index contributed by atoms with van der Waals surface area (Å²) in [5, 5.41) is 4.36. The summed E-state index contributed by atoms with van der Waals surface area (Å²) >= 11 is 0. The molecule has 1 aromatic carbocycles. The monoisotopic (exact) mass is 298 g/mol. The molecule has 0 N–H and O–H groups in total. The Balaban J connectivity index is 1.46. The number of aryl methyl sites for hydroxylation is 1. The van der Waals surface area contributed by atoms with Crippen LogP contribution in [0.15, 0.2) is 42.6 Å². The molecule has 0 saturated carbocycles. The van der Waals surface area contributed by atoms with Gasteiger partial charge in [0.05, 0.1) is 6.54 Å². The van der Waals surface area contributed by atoms with Gasteiger partial charge in [-0.3, -0.25) is 9.58 Å². The van der Waals surface area contributed by atoms with Crippen LogP contribution in [-0.2, 0) is 13.1 Å². The Morgan fingerprint density at radius 2 is 2.05 bits per heavy atom. The first-order valence-corrected chi connectivity index (χ1v) is 8.17. The average Bonchev–Trinajstić information content (AvgIpc) is 3.15. The Kier molecular flexibility index (Phi) is 4.90. The maximum absolute atomic E-state index is 4.36.